The van der Waals surface area contributed by atoms with Crippen molar-refractivity contribution in [2.45, 2.75) is 12.2 Å². The Labute approximate surface area is 127 Å². The number of thioether (sulfide) groups is 1. The maximum absolute atomic E-state index is 11.3. The maximum Gasteiger partial charge on any atom is 0.321 e. The van der Waals surface area contributed by atoms with E-state index >= 15 is 0 Å². The Morgan fingerprint density at radius 2 is 1.71 bits per heavy atom. The van der Waals surface area contributed by atoms with Crippen molar-refractivity contribution in [1.29, 1.82) is 0 Å². The normalized spacial score (nSPS) is 11.9. The van der Waals surface area contributed by atoms with Crippen molar-refractivity contribution in [3.05, 3.63) is 54.1 Å². The number of anilines is 1. The Hall–Kier alpha value is -2.27. The lowest BCUT2D eigenvalue weighted by molar-refractivity contribution is -0.136. The van der Waals surface area contributed by atoms with Crippen LogP contribution in [0.1, 0.15) is 17.7 Å². The molecule has 5 heteroatoms. The highest BCUT2D eigenvalue weighted by Gasteiger charge is 2.22. The second-order valence-corrected chi connectivity index (χ2v) is 5.82. The van der Waals surface area contributed by atoms with Crippen LogP contribution in [0.15, 0.2) is 48.5 Å². The van der Waals surface area contributed by atoms with Crippen LogP contribution in [0.2, 0.25) is 0 Å². The van der Waals surface area contributed by atoms with Crippen LogP contribution >= 0.6 is 11.8 Å². The quantitative estimate of drug-likeness (QED) is 0.847. The molecule has 2 aromatic rings. The highest BCUT2D eigenvalue weighted by atomic mass is 32.2. The lowest BCUT2D eigenvalue weighted by Gasteiger charge is -2.12. The molecule has 2 rings (SSSR count). The number of carboxylic acids is 1. The molecule has 0 saturated heterocycles. The fourth-order valence-electron chi connectivity index (χ4n) is 2.02. The third-order valence-electron chi connectivity index (χ3n) is 2.99. The molecule has 2 aromatic carbocycles. The second-order valence-electron chi connectivity index (χ2n) is 4.54. The second kappa shape index (κ2) is 6.45. The Morgan fingerprint density at radius 3 is 2.24 bits per heavy atom. The molecule has 3 N–H and O–H groups in total. The molecule has 0 aliphatic heterocycles. The van der Waals surface area contributed by atoms with Crippen molar-refractivity contribution < 1.29 is 14.7 Å². The van der Waals surface area contributed by atoms with Gasteiger partial charge in [0, 0.05) is 18.2 Å². The lowest BCUT2D eigenvalue weighted by atomic mass is 10.0. The van der Waals surface area contributed by atoms with E-state index < -0.39 is 11.2 Å². The summed E-state index contributed by atoms with van der Waals surface area (Å²) in [6.07, 6.45) is 0. The zero-order chi connectivity index (χ0) is 15.4. The van der Waals surface area contributed by atoms with Gasteiger partial charge in [0.2, 0.25) is 0 Å². The van der Waals surface area contributed by atoms with E-state index in [1.54, 1.807) is 12.1 Å². The van der Waals surface area contributed by atoms with Crippen molar-refractivity contribution in [3.8, 4) is 11.1 Å². The molecule has 0 heterocycles. The van der Waals surface area contributed by atoms with Gasteiger partial charge in [-0.3, -0.25) is 9.59 Å². The van der Waals surface area contributed by atoms with E-state index in [1.807, 2.05) is 36.4 Å². The first-order valence-electron chi connectivity index (χ1n) is 6.34. The topological polar surface area (TPSA) is 80.4 Å². The zero-order valence-electron chi connectivity index (χ0n) is 11.4. The molecule has 0 fully saturated rings. The van der Waals surface area contributed by atoms with E-state index in [0.29, 0.717) is 11.3 Å². The Bertz CT molecular complexity index is 667. The molecule has 21 heavy (non-hydrogen) atoms. The number of carbonyl (C=O) groups excluding carboxylic acids is 1. The fraction of sp³-hybridized carbons (Fsp3) is 0.125. The molecule has 0 bridgehead atoms. The van der Waals surface area contributed by atoms with E-state index in [4.69, 9.17) is 5.73 Å². The van der Waals surface area contributed by atoms with Gasteiger partial charge < -0.3 is 10.8 Å². The van der Waals surface area contributed by atoms with Gasteiger partial charge in [-0.05, 0) is 17.2 Å². The smallest absolute Gasteiger partial charge is 0.321 e. The third kappa shape index (κ3) is 3.64. The summed E-state index contributed by atoms with van der Waals surface area (Å²) in [5.74, 6) is -1.03. The molecule has 0 saturated carbocycles. The van der Waals surface area contributed by atoms with E-state index in [2.05, 4.69) is 0 Å². The van der Waals surface area contributed by atoms with Crippen molar-refractivity contribution in [2.75, 3.05) is 5.73 Å². The predicted octanol–water partition coefficient (Wildman–Crippen LogP) is 3.34. The summed E-state index contributed by atoms with van der Waals surface area (Å²) in [6.45, 7) is 1.36. The number of benzene rings is 2. The molecule has 0 radical (unpaired) electrons. The minimum absolute atomic E-state index is 0.223. The van der Waals surface area contributed by atoms with Gasteiger partial charge in [-0.15, -0.1) is 0 Å². The molecule has 4 nitrogen and oxygen atoms in total. The molecule has 0 spiro atoms. The number of hydrogen-bond acceptors (Lipinski definition) is 4. The molecule has 0 aliphatic carbocycles. The van der Waals surface area contributed by atoms with Crippen molar-refractivity contribution in [1.82, 2.24) is 0 Å². The summed E-state index contributed by atoms with van der Waals surface area (Å²) in [4.78, 5) is 22.4. The number of nitrogen functional groups attached to an aromatic ring is 1. The standard InChI is InChI=1S/C16H15NO3S/c1-10(18)21-15(16(19)20)12-8-6-11(7-9-12)13-4-2-3-5-14(13)17/h2-9,15H,17H2,1H3,(H,19,20). The highest BCUT2D eigenvalue weighted by molar-refractivity contribution is 8.14. The lowest BCUT2D eigenvalue weighted by Crippen LogP contribution is -2.09. The average molecular weight is 301 g/mol. The summed E-state index contributed by atoms with van der Waals surface area (Å²) in [7, 11) is 0. The van der Waals surface area contributed by atoms with Gasteiger partial charge in [-0.25, -0.2) is 0 Å². The van der Waals surface area contributed by atoms with Gasteiger partial charge in [0.25, 0.3) is 0 Å². The van der Waals surface area contributed by atoms with Gasteiger partial charge in [0.05, 0.1) is 0 Å². The SMILES string of the molecule is CC(=O)SC(C(=O)O)c1ccc(-c2ccccc2N)cc1. The van der Waals surface area contributed by atoms with Gasteiger partial charge >= 0.3 is 5.97 Å². The first-order valence-corrected chi connectivity index (χ1v) is 7.22. The van der Waals surface area contributed by atoms with E-state index in [-0.39, 0.29) is 5.12 Å². The summed E-state index contributed by atoms with van der Waals surface area (Å²) >= 11 is 0.802. The number of para-hydroxylation sites is 1. The molecule has 0 amide bonds. The summed E-state index contributed by atoms with van der Waals surface area (Å²) in [6, 6.07) is 14.5. The Balaban J connectivity index is 2.32. The van der Waals surface area contributed by atoms with Gasteiger partial charge in [0.1, 0.15) is 5.25 Å². The van der Waals surface area contributed by atoms with Gasteiger partial charge in [-0.2, -0.15) is 0 Å². The molecule has 108 valence electrons. The molecule has 1 unspecified atom stereocenters. The van der Waals surface area contributed by atoms with Crippen molar-refractivity contribution in [2.24, 2.45) is 0 Å². The fourth-order valence-corrected chi connectivity index (χ4v) is 2.75. The molecule has 0 aromatic heterocycles. The number of rotatable bonds is 4. The summed E-state index contributed by atoms with van der Waals surface area (Å²) in [5.41, 5.74) is 8.98. The van der Waals surface area contributed by atoms with Crippen molar-refractivity contribution >= 4 is 28.5 Å². The van der Waals surface area contributed by atoms with E-state index in [1.165, 1.54) is 6.92 Å². The largest absolute Gasteiger partial charge is 0.480 e. The van der Waals surface area contributed by atoms with Crippen LogP contribution in [-0.4, -0.2) is 16.2 Å². The first kappa shape index (κ1) is 15.1. The summed E-state index contributed by atoms with van der Waals surface area (Å²) in [5, 5.41) is 8.11. The van der Waals surface area contributed by atoms with E-state index in [0.717, 1.165) is 22.9 Å². The average Bonchev–Trinajstić information content (AvgIpc) is 2.45. The van der Waals surface area contributed by atoms with Crippen LogP contribution in [0.4, 0.5) is 5.69 Å². The zero-order valence-corrected chi connectivity index (χ0v) is 12.3. The summed E-state index contributed by atoms with van der Waals surface area (Å²) < 4.78 is 0. The number of aliphatic carboxylic acids is 1. The number of carboxylic acid groups (broad SMARTS) is 1. The minimum Gasteiger partial charge on any atom is -0.480 e. The number of hydrogen-bond donors (Lipinski definition) is 2. The monoisotopic (exact) mass is 301 g/mol. The molecule has 0 aliphatic rings. The molecule has 1 atom stereocenters. The van der Waals surface area contributed by atoms with Crippen LogP contribution in [-0.2, 0) is 9.59 Å². The third-order valence-corrected chi connectivity index (χ3v) is 4.03. The van der Waals surface area contributed by atoms with Crippen LogP contribution in [0.25, 0.3) is 11.1 Å². The molecular formula is C16H15NO3S. The van der Waals surface area contributed by atoms with E-state index in [9.17, 15) is 14.7 Å². The number of carbonyl (C=O) groups is 2. The Morgan fingerprint density at radius 1 is 1.10 bits per heavy atom. The van der Waals surface area contributed by atoms with Gasteiger partial charge in [-0.1, -0.05) is 54.2 Å². The van der Waals surface area contributed by atoms with Crippen LogP contribution in [0.3, 0.4) is 0 Å². The first-order chi connectivity index (χ1) is 9.99. The van der Waals surface area contributed by atoms with Gasteiger partial charge in [0.15, 0.2) is 5.12 Å². The predicted molar refractivity (Wildman–Crippen MR) is 84.9 cm³/mol. The minimum atomic E-state index is -1.03. The van der Waals surface area contributed by atoms with Crippen LogP contribution < -0.4 is 5.73 Å². The molecular weight excluding hydrogens is 286 g/mol. The number of nitrogens with two attached hydrogens (primary N) is 1. The maximum atomic E-state index is 11.3. The highest BCUT2D eigenvalue weighted by Crippen LogP contribution is 2.32. The van der Waals surface area contributed by atoms with Crippen LogP contribution in [0.5, 0.6) is 0 Å². The van der Waals surface area contributed by atoms with Crippen LogP contribution in [0, 0.1) is 0 Å². The van der Waals surface area contributed by atoms with Crippen molar-refractivity contribution in [3.63, 3.8) is 0 Å². The Kier molecular flexibility index (Phi) is 4.65.